The van der Waals surface area contributed by atoms with E-state index in [0.29, 0.717) is 71.2 Å². The highest BCUT2D eigenvalue weighted by Gasteiger charge is 2.33. The average Bonchev–Trinajstić information content (AvgIpc) is 3.31. The fourth-order valence-electron chi connectivity index (χ4n) is 4.94. The zero-order chi connectivity index (χ0) is 33.6. The van der Waals surface area contributed by atoms with E-state index in [4.69, 9.17) is 43.1 Å². The molecule has 1 N–H and O–H groups in total. The first kappa shape index (κ1) is 34.7. The van der Waals surface area contributed by atoms with Crippen molar-refractivity contribution >= 4 is 57.9 Å². The van der Waals surface area contributed by atoms with Crippen LogP contribution in [0.4, 0.5) is 13.2 Å². The summed E-state index contributed by atoms with van der Waals surface area (Å²) in [5.41, 5.74) is 0.383. The van der Waals surface area contributed by atoms with Gasteiger partial charge < -0.3 is 19.3 Å². The minimum Gasteiger partial charge on any atom is -0.494 e. The summed E-state index contributed by atoms with van der Waals surface area (Å²) in [6.07, 6.45) is -2.46. The predicted octanol–water partition coefficient (Wildman–Crippen LogP) is 7.11. The molecule has 2 aliphatic heterocycles. The van der Waals surface area contributed by atoms with Crippen molar-refractivity contribution in [2.75, 3.05) is 52.6 Å². The van der Waals surface area contributed by atoms with Crippen molar-refractivity contribution < 1.29 is 42.1 Å². The fourth-order valence-corrected chi connectivity index (χ4v) is 6.47. The Balaban J connectivity index is 1.31. The lowest BCUT2D eigenvalue weighted by molar-refractivity contribution is -0.137. The van der Waals surface area contributed by atoms with Gasteiger partial charge in [-0.15, -0.1) is 0 Å². The summed E-state index contributed by atoms with van der Waals surface area (Å²) in [7, 11) is 0. The lowest BCUT2D eigenvalue weighted by atomic mass is 9.99. The number of hydrogen-bond acceptors (Lipinski definition) is 8. The standard InChI is InChI=1S/C33H30ClF3N2O6S2/c34-27-8-5-23(33(35,36)37)20-25(27)26-18-21(2-9-28(26)45-17-13-38-11-15-43-16-12-38)19-29-30(40)39(32(46)47-29)10-1-14-44-24-6-3-22(4-7-24)31(41)42/h2-9,18-20H,1,10-17H2,(H,41,42). The molecule has 248 valence electrons. The molecule has 5 rings (SSSR count). The molecule has 2 fully saturated rings. The number of aromatic carboxylic acids is 1. The van der Waals surface area contributed by atoms with Crippen LogP contribution in [-0.4, -0.2) is 83.7 Å². The van der Waals surface area contributed by atoms with Crippen LogP contribution in [0, 0.1) is 0 Å². The number of benzene rings is 3. The Morgan fingerprint density at radius 1 is 1.00 bits per heavy atom. The molecular weight excluding hydrogens is 677 g/mol. The highest BCUT2D eigenvalue weighted by atomic mass is 35.5. The summed E-state index contributed by atoms with van der Waals surface area (Å²) in [5.74, 6) is -0.457. The molecule has 0 aromatic heterocycles. The number of nitrogens with zero attached hydrogens (tertiary/aromatic N) is 2. The average molecular weight is 707 g/mol. The molecule has 3 aromatic carbocycles. The van der Waals surface area contributed by atoms with Crippen molar-refractivity contribution in [3.63, 3.8) is 0 Å². The largest absolute Gasteiger partial charge is 0.494 e. The second-order valence-electron chi connectivity index (χ2n) is 10.6. The van der Waals surface area contributed by atoms with Gasteiger partial charge in [0.2, 0.25) is 0 Å². The van der Waals surface area contributed by atoms with Crippen LogP contribution in [-0.2, 0) is 15.7 Å². The first-order valence-electron chi connectivity index (χ1n) is 14.7. The Bertz CT molecular complexity index is 1660. The monoisotopic (exact) mass is 706 g/mol. The number of carboxylic acids is 1. The lowest BCUT2D eigenvalue weighted by Crippen LogP contribution is -2.38. The van der Waals surface area contributed by atoms with Crippen LogP contribution in [0.2, 0.25) is 5.02 Å². The second-order valence-corrected chi connectivity index (χ2v) is 12.7. The van der Waals surface area contributed by atoms with E-state index in [1.54, 1.807) is 36.4 Å². The Morgan fingerprint density at radius 2 is 1.74 bits per heavy atom. The van der Waals surface area contributed by atoms with Gasteiger partial charge in [0.05, 0.1) is 35.9 Å². The van der Waals surface area contributed by atoms with Crippen LogP contribution in [0.25, 0.3) is 17.2 Å². The Labute approximate surface area is 284 Å². The Kier molecular flexibility index (Phi) is 11.5. The number of thioether (sulfide) groups is 1. The molecule has 2 saturated heterocycles. The maximum absolute atomic E-state index is 13.6. The molecule has 3 aromatic rings. The smallest absolute Gasteiger partial charge is 0.416 e. The molecule has 0 unspecified atom stereocenters. The highest BCUT2D eigenvalue weighted by Crippen LogP contribution is 2.41. The number of carbonyl (C=O) groups is 2. The van der Waals surface area contributed by atoms with Crippen molar-refractivity contribution in [1.29, 1.82) is 0 Å². The Morgan fingerprint density at radius 3 is 2.45 bits per heavy atom. The summed E-state index contributed by atoms with van der Waals surface area (Å²) in [6.45, 7) is 4.29. The maximum atomic E-state index is 13.6. The molecule has 1 amide bonds. The number of amides is 1. The molecule has 0 atom stereocenters. The number of alkyl halides is 3. The van der Waals surface area contributed by atoms with Crippen LogP contribution in [0.3, 0.4) is 0 Å². The lowest BCUT2D eigenvalue weighted by Gasteiger charge is -2.26. The SMILES string of the molecule is O=C(O)c1ccc(OCCCN2C(=O)C(=Cc3ccc(OCCN4CCOCC4)c(-c4cc(C(F)(F)F)ccc4Cl)c3)SC2=S)cc1. The van der Waals surface area contributed by atoms with Gasteiger partial charge in [-0.2, -0.15) is 13.2 Å². The third kappa shape index (κ3) is 9.05. The van der Waals surface area contributed by atoms with Gasteiger partial charge in [0, 0.05) is 42.3 Å². The van der Waals surface area contributed by atoms with E-state index in [1.165, 1.54) is 23.1 Å². The molecule has 8 nitrogen and oxygen atoms in total. The summed E-state index contributed by atoms with van der Waals surface area (Å²) >= 11 is 13.0. The van der Waals surface area contributed by atoms with Crippen LogP contribution in [0.1, 0.15) is 27.9 Å². The number of ether oxygens (including phenoxy) is 3. The van der Waals surface area contributed by atoms with Gasteiger partial charge in [0.15, 0.2) is 0 Å². The summed E-state index contributed by atoms with van der Waals surface area (Å²) in [5, 5.41) is 9.15. The first-order chi connectivity index (χ1) is 22.5. The van der Waals surface area contributed by atoms with Gasteiger partial charge >= 0.3 is 12.1 Å². The van der Waals surface area contributed by atoms with E-state index >= 15 is 0 Å². The second kappa shape index (κ2) is 15.5. The fraction of sp³-hybridized carbons (Fsp3) is 0.303. The molecule has 0 radical (unpaired) electrons. The zero-order valence-electron chi connectivity index (χ0n) is 24.9. The van der Waals surface area contributed by atoms with Crippen LogP contribution in [0.5, 0.6) is 11.5 Å². The molecule has 47 heavy (non-hydrogen) atoms. The minimum atomic E-state index is -4.57. The summed E-state index contributed by atoms with van der Waals surface area (Å²) < 4.78 is 58.4. The van der Waals surface area contributed by atoms with Gasteiger partial charge in [-0.3, -0.25) is 14.6 Å². The van der Waals surface area contributed by atoms with Gasteiger partial charge in [-0.05, 0) is 72.7 Å². The molecule has 0 saturated carbocycles. The van der Waals surface area contributed by atoms with Crippen molar-refractivity contribution in [2.24, 2.45) is 0 Å². The quantitative estimate of drug-likeness (QED) is 0.120. The number of carboxylic acid groups (broad SMARTS) is 1. The normalized spacial score (nSPS) is 16.6. The number of hydrogen-bond donors (Lipinski definition) is 1. The molecule has 14 heteroatoms. The first-order valence-corrected chi connectivity index (χ1v) is 16.3. The number of carbonyl (C=O) groups excluding carboxylic acids is 1. The molecule has 0 aliphatic carbocycles. The van der Waals surface area contributed by atoms with Crippen LogP contribution < -0.4 is 9.47 Å². The zero-order valence-corrected chi connectivity index (χ0v) is 27.3. The summed E-state index contributed by atoms with van der Waals surface area (Å²) in [4.78, 5) is 28.3. The third-order valence-electron chi connectivity index (χ3n) is 7.42. The number of thiocarbonyl (C=S) groups is 1. The van der Waals surface area contributed by atoms with Crippen molar-refractivity contribution in [3.05, 3.63) is 87.3 Å². The van der Waals surface area contributed by atoms with Gasteiger partial charge in [-0.1, -0.05) is 41.6 Å². The minimum absolute atomic E-state index is 0.125. The molecular formula is C33H30ClF3N2O6S2. The van der Waals surface area contributed by atoms with E-state index in [-0.39, 0.29) is 28.7 Å². The number of halogens is 4. The predicted molar refractivity (Wildman–Crippen MR) is 178 cm³/mol. The maximum Gasteiger partial charge on any atom is 0.416 e. The van der Waals surface area contributed by atoms with E-state index in [2.05, 4.69) is 4.90 Å². The van der Waals surface area contributed by atoms with E-state index in [0.717, 1.165) is 37.0 Å². The molecule has 0 spiro atoms. The highest BCUT2D eigenvalue weighted by molar-refractivity contribution is 8.26. The van der Waals surface area contributed by atoms with Gasteiger partial charge in [0.25, 0.3) is 5.91 Å². The Hall–Kier alpha value is -3.62. The molecule has 0 bridgehead atoms. The van der Waals surface area contributed by atoms with E-state index < -0.39 is 17.7 Å². The van der Waals surface area contributed by atoms with Crippen LogP contribution >= 0.6 is 35.6 Å². The van der Waals surface area contributed by atoms with Gasteiger partial charge in [-0.25, -0.2) is 4.79 Å². The molecule has 2 aliphatic rings. The van der Waals surface area contributed by atoms with E-state index in [9.17, 15) is 22.8 Å². The van der Waals surface area contributed by atoms with Crippen molar-refractivity contribution in [1.82, 2.24) is 9.80 Å². The van der Waals surface area contributed by atoms with Gasteiger partial charge in [0.1, 0.15) is 22.4 Å². The molecule has 2 heterocycles. The van der Waals surface area contributed by atoms with Crippen LogP contribution in [0.15, 0.2) is 65.6 Å². The summed E-state index contributed by atoms with van der Waals surface area (Å²) in [6, 6.07) is 14.2. The van der Waals surface area contributed by atoms with Crippen molar-refractivity contribution in [2.45, 2.75) is 12.6 Å². The number of rotatable bonds is 12. The van der Waals surface area contributed by atoms with Crippen molar-refractivity contribution in [3.8, 4) is 22.6 Å². The number of morpholine rings is 1. The third-order valence-corrected chi connectivity index (χ3v) is 9.13. The topological polar surface area (TPSA) is 88.5 Å². The van der Waals surface area contributed by atoms with E-state index in [1.807, 2.05) is 0 Å².